The zero-order valence-electron chi connectivity index (χ0n) is 11.6. The lowest BCUT2D eigenvalue weighted by atomic mass is 9.97. The third-order valence-electron chi connectivity index (χ3n) is 3.38. The Hall–Kier alpha value is -0.480. The minimum Gasteiger partial charge on any atom is -0.495 e. The molecule has 0 atom stereocenters. The number of methoxy groups -OCH3 is 1. The third kappa shape index (κ3) is 4.53. The number of halogens is 2. The number of hydrogen-bond donors (Lipinski definition) is 2. The van der Waals surface area contributed by atoms with Gasteiger partial charge in [-0.25, -0.2) is 0 Å². The first kappa shape index (κ1) is 16.6. The van der Waals surface area contributed by atoms with E-state index < -0.39 is 5.60 Å². The van der Waals surface area contributed by atoms with Crippen molar-refractivity contribution in [3.8, 4) is 5.75 Å². The van der Waals surface area contributed by atoms with Crippen molar-refractivity contribution in [3.05, 3.63) is 27.7 Å². The van der Waals surface area contributed by atoms with Gasteiger partial charge >= 0.3 is 0 Å². The van der Waals surface area contributed by atoms with E-state index in [1.165, 1.54) is 0 Å². The summed E-state index contributed by atoms with van der Waals surface area (Å²) >= 11 is 12.1. The summed E-state index contributed by atoms with van der Waals surface area (Å²) in [6, 6.07) is 3.47. The highest BCUT2D eigenvalue weighted by Crippen LogP contribution is 2.32. The molecule has 0 heterocycles. The van der Waals surface area contributed by atoms with Gasteiger partial charge in [0, 0.05) is 23.7 Å². The summed E-state index contributed by atoms with van der Waals surface area (Å²) in [4.78, 5) is 0. The number of ether oxygens (including phenoxy) is 1. The van der Waals surface area contributed by atoms with Crippen LogP contribution in [0.4, 0.5) is 0 Å². The smallest absolute Gasteiger partial charge is 0.142 e. The molecule has 1 aromatic carbocycles. The predicted octanol–water partition coefficient (Wildman–Crippen LogP) is 3.64. The van der Waals surface area contributed by atoms with Crippen LogP contribution in [-0.4, -0.2) is 24.4 Å². The van der Waals surface area contributed by atoms with E-state index in [0.717, 1.165) is 5.56 Å². The van der Waals surface area contributed by atoms with E-state index in [0.29, 0.717) is 41.7 Å². The molecule has 0 bridgehead atoms. The molecule has 0 spiro atoms. The Balaban J connectivity index is 2.73. The summed E-state index contributed by atoms with van der Waals surface area (Å²) in [6.45, 7) is 5.02. The molecule has 108 valence electrons. The summed E-state index contributed by atoms with van der Waals surface area (Å²) in [5, 5.41) is 14.5. The van der Waals surface area contributed by atoms with E-state index in [2.05, 4.69) is 5.32 Å². The Morgan fingerprint density at radius 2 is 1.89 bits per heavy atom. The van der Waals surface area contributed by atoms with Gasteiger partial charge in [0.2, 0.25) is 0 Å². The predicted molar refractivity (Wildman–Crippen MR) is 80.3 cm³/mol. The van der Waals surface area contributed by atoms with Crippen LogP contribution in [-0.2, 0) is 6.54 Å². The van der Waals surface area contributed by atoms with Gasteiger partial charge in [-0.05, 0) is 25.0 Å². The minimum absolute atomic E-state index is 0.494. The minimum atomic E-state index is -0.671. The molecule has 0 aliphatic heterocycles. The van der Waals surface area contributed by atoms with Crippen LogP contribution in [0.5, 0.6) is 5.75 Å². The first-order valence-electron chi connectivity index (χ1n) is 6.40. The highest BCUT2D eigenvalue weighted by molar-refractivity contribution is 6.35. The molecular weight excluding hydrogens is 285 g/mol. The second-order valence-corrected chi connectivity index (χ2v) is 5.46. The lowest BCUT2D eigenvalue weighted by Gasteiger charge is -2.25. The van der Waals surface area contributed by atoms with Gasteiger partial charge in [0.05, 0.1) is 17.7 Å². The van der Waals surface area contributed by atoms with E-state index in [9.17, 15) is 5.11 Å². The number of aliphatic hydroxyl groups is 1. The molecule has 1 aromatic rings. The molecule has 0 aliphatic rings. The molecule has 0 aromatic heterocycles. The number of benzene rings is 1. The van der Waals surface area contributed by atoms with Crippen LogP contribution in [0.15, 0.2) is 12.1 Å². The number of rotatable bonds is 7. The van der Waals surface area contributed by atoms with Crippen LogP contribution in [0.2, 0.25) is 10.0 Å². The van der Waals surface area contributed by atoms with E-state index in [1.807, 2.05) is 19.9 Å². The van der Waals surface area contributed by atoms with Crippen molar-refractivity contribution in [1.82, 2.24) is 5.32 Å². The van der Waals surface area contributed by atoms with Gasteiger partial charge in [-0.1, -0.05) is 37.0 Å². The SMILES string of the molecule is CCC(O)(CC)CNCc1cc(Cl)cc(Cl)c1OC. The average molecular weight is 306 g/mol. The standard InChI is InChI=1S/C14H21Cl2NO2/c1-4-14(18,5-2)9-17-8-10-6-11(15)7-12(16)13(10)19-3/h6-7,17-18H,4-5,8-9H2,1-3H3. The average Bonchev–Trinajstić information content (AvgIpc) is 2.38. The van der Waals surface area contributed by atoms with Crippen LogP contribution in [0.3, 0.4) is 0 Å². The van der Waals surface area contributed by atoms with Crippen LogP contribution in [0.25, 0.3) is 0 Å². The molecule has 0 aliphatic carbocycles. The van der Waals surface area contributed by atoms with Crippen LogP contribution in [0, 0.1) is 0 Å². The lowest BCUT2D eigenvalue weighted by Crippen LogP contribution is -2.39. The largest absolute Gasteiger partial charge is 0.495 e. The maximum Gasteiger partial charge on any atom is 0.142 e. The summed E-state index contributed by atoms with van der Waals surface area (Å²) in [5.41, 5.74) is 0.213. The highest BCUT2D eigenvalue weighted by atomic mass is 35.5. The van der Waals surface area contributed by atoms with Gasteiger partial charge in [0.15, 0.2) is 0 Å². The zero-order chi connectivity index (χ0) is 14.5. The van der Waals surface area contributed by atoms with Crippen molar-refractivity contribution in [2.24, 2.45) is 0 Å². The van der Waals surface area contributed by atoms with Crippen molar-refractivity contribution >= 4 is 23.2 Å². The molecule has 0 amide bonds. The second-order valence-electron chi connectivity index (χ2n) is 4.61. The first-order valence-corrected chi connectivity index (χ1v) is 7.16. The van der Waals surface area contributed by atoms with E-state index in [1.54, 1.807) is 13.2 Å². The maximum atomic E-state index is 10.2. The number of hydrogen-bond acceptors (Lipinski definition) is 3. The van der Waals surface area contributed by atoms with Gasteiger partial charge in [0.1, 0.15) is 5.75 Å². The van der Waals surface area contributed by atoms with Gasteiger partial charge in [-0.15, -0.1) is 0 Å². The highest BCUT2D eigenvalue weighted by Gasteiger charge is 2.21. The Kier molecular flexibility index (Phi) is 6.40. The molecule has 0 saturated carbocycles. The summed E-state index contributed by atoms with van der Waals surface area (Å²) in [7, 11) is 1.58. The quantitative estimate of drug-likeness (QED) is 0.808. The molecule has 5 heteroatoms. The van der Waals surface area contributed by atoms with E-state index in [4.69, 9.17) is 27.9 Å². The lowest BCUT2D eigenvalue weighted by molar-refractivity contribution is 0.0322. The van der Waals surface area contributed by atoms with Gasteiger partial charge < -0.3 is 15.2 Å². The molecule has 0 unspecified atom stereocenters. The summed E-state index contributed by atoms with van der Waals surface area (Å²) < 4.78 is 5.27. The second kappa shape index (κ2) is 7.34. The Morgan fingerprint density at radius 3 is 2.42 bits per heavy atom. The van der Waals surface area contributed by atoms with Gasteiger partial charge in [0.25, 0.3) is 0 Å². The summed E-state index contributed by atoms with van der Waals surface area (Å²) in [5.74, 6) is 0.620. The molecule has 19 heavy (non-hydrogen) atoms. The normalized spacial score (nSPS) is 11.7. The number of nitrogens with one attached hydrogen (secondary N) is 1. The van der Waals surface area contributed by atoms with Crippen molar-refractivity contribution in [2.75, 3.05) is 13.7 Å². The molecule has 3 nitrogen and oxygen atoms in total. The van der Waals surface area contributed by atoms with Crippen LogP contribution < -0.4 is 10.1 Å². The summed E-state index contributed by atoms with van der Waals surface area (Å²) in [6.07, 6.45) is 1.42. The molecule has 0 fully saturated rings. The van der Waals surface area contributed by atoms with Crippen molar-refractivity contribution in [2.45, 2.75) is 38.8 Å². The monoisotopic (exact) mass is 305 g/mol. The fourth-order valence-corrected chi connectivity index (χ4v) is 2.52. The molecule has 1 rings (SSSR count). The van der Waals surface area contributed by atoms with Crippen molar-refractivity contribution < 1.29 is 9.84 Å². The topological polar surface area (TPSA) is 41.5 Å². The molecule has 0 saturated heterocycles. The maximum absolute atomic E-state index is 10.2. The fourth-order valence-electron chi connectivity index (χ4n) is 1.90. The van der Waals surface area contributed by atoms with E-state index in [-0.39, 0.29) is 0 Å². The van der Waals surface area contributed by atoms with Crippen molar-refractivity contribution in [1.29, 1.82) is 0 Å². The third-order valence-corrected chi connectivity index (χ3v) is 3.87. The first-order chi connectivity index (χ1) is 8.95. The van der Waals surface area contributed by atoms with Crippen LogP contribution >= 0.6 is 23.2 Å². The van der Waals surface area contributed by atoms with E-state index >= 15 is 0 Å². The molecule has 0 radical (unpaired) electrons. The van der Waals surface area contributed by atoms with Gasteiger partial charge in [-0.3, -0.25) is 0 Å². The molecule has 2 N–H and O–H groups in total. The Labute approximate surface area is 124 Å². The van der Waals surface area contributed by atoms with Crippen molar-refractivity contribution in [3.63, 3.8) is 0 Å². The van der Waals surface area contributed by atoms with Crippen LogP contribution in [0.1, 0.15) is 32.3 Å². The molecular formula is C14H21Cl2NO2. The fraction of sp³-hybridized carbons (Fsp3) is 0.571. The van der Waals surface area contributed by atoms with Gasteiger partial charge in [-0.2, -0.15) is 0 Å². The Bertz CT molecular complexity index is 420. The zero-order valence-corrected chi connectivity index (χ0v) is 13.1. The Morgan fingerprint density at radius 1 is 1.26 bits per heavy atom.